The molecule has 2 N–H and O–H groups in total. The average molecular weight is 314 g/mol. The number of hydrogen-bond acceptors (Lipinski definition) is 4. The molecule has 0 unspecified atom stereocenters. The summed E-state index contributed by atoms with van der Waals surface area (Å²) >= 11 is 0. The number of hydrogen-bond donors (Lipinski definition) is 2. The number of rotatable bonds is 8. The van der Waals surface area contributed by atoms with Crippen LogP contribution in [0.2, 0.25) is 0 Å². The molecule has 0 aliphatic rings. The molecule has 0 aromatic carbocycles. The van der Waals surface area contributed by atoms with Gasteiger partial charge in [-0.2, -0.15) is 0 Å². The zero-order valence-electron chi connectivity index (χ0n) is 12.5. The maximum Gasteiger partial charge on any atom is 0.244 e. The third kappa shape index (κ3) is 6.52. The average Bonchev–Trinajstić information content (AvgIpc) is 3.24. The van der Waals surface area contributed by atoms with Crippen molar-refractivity contribution in [2.24, 2.45) is 0 Å². The fourth-order valence-corrected chi connectivity index (χ4v) is 1.72. The normalized spacial score (nSPS) is 11.1. The van der Waals surface area contributed by atoms with Crippen LogP contribution >= 0.6 is 0 Å². The lowest BCUT2D eigenvalue weighted by Crippen LogP contribution is -2.28. The number of carbonyl (C=O) groups is 2. The molecule has 0 radical (unpaired) electrons. The first kappa shape index (κ1) is 16.4. The Morgan fingerprint density at radius 2 is 1.35 bits per heavy atom. The second-order valence-corrected chi connectivity index (χ2v) is 4.63. The van der Waals surface area contributed by atoms with Crippen molar-refractivity contribution in [1.82, 2.24) is 10.6 Å². The molecule has 2 rings (SSSR count). The van der Waals surface area contributed by atoms with Crippen LogP contribution in [0, 0.1) is 0 Å². The van der Waals surface area contributed by atoms with Crippen LogP contribution in [0.3, 0.4) is 0 Å². The summed E-state index contributed by atoms with van der Waals surface area (Å²) in [4.78, 5) is 23.0. The van der Waals surface area contributed by atoms with Crippen LogP contribution in [0.4, 0.5) is 0 Å². The smallest absolute Gasteiger partial charge is 0.244 e. The second-order valence-electron chi connectivity index (χ2n) is 4.63. The molecule has 120 valence electrons. The van der Waals surface area contributed by atoms with Crippen molar-refractivity contribution in [2.75, 3.05) is 13.1 Å². The summed E-state index contributed by atoms with van der Waals surface area (Å²) in [6.07, 6.45) is 9.72. The molecule has 2 heterocycles. The molecule has 6 heteroatoms. The van der Waals surface area contributed by atoms with Crippen LogP contribution < -0.4 is 10.6 Å². The first-order chi connectivity index (χ1) is 11.2. The Kier molecular flexibility index (Phi) is 6.46. The van der Waals surface area contributed by atoms with Gasteiger partial charge in [-0.1, -0.05) is 0 Å². The first-order valence-electron chi connectivity index (χ1n) is 7.23. The Morgan fingerprint density at radius 3 is 1.74 bits per heavy atom. The SMILES string of the molecule is O=C(/C=C/c1ccco1)NCCCNC(=O)/C=C/c1ccco1. The van der Waals surface area contributed by atoms with E-state index in [4.69, 9.17) is 8.83 Å². The van der Waals surface area contributed by atoms with Crippen LogP contribution in [-0.4, -0.2) is 24.9 Å². The lowest BCUT2D eigenvalue weighted by Gasteiger charge is -2.03. The van der Waals surface area contributed by atoms with E-state index in [0.29, 0.717) is 31.0 Å². The minimum Gasteiger partial charge on any atom is -0.465 e. The number of amides is 2. The Morgan fingerprint density at radius 1 is 0.870 bits per heavy atom. The number of furan rings is 2. The van der Waals surface area contributed by atoms with E-state index >= 15 is 0 Å². The standard InChI is InChI=1S/C17H18N2O4/c20-16(8-6-14-4-1-12-22-14)18-10-3-11-19-17(21)9-7-15-5-2-13-23-15/h1-2,4-9,12-13H,3,10-11H2,(H,18,20)(H,19,21)/b8-6+,9-7+. The van der Waals surface area contributed by atoms with Gasteiger partial charge in [-0.25, -0.2) is 0 Å². The van der Waals surface area contributed by atoms with Crippen molar-refractivity contribution < 1.29 is 18.4 Å². The van der Waals surface area contributed by atoms with Crippen molar-refractivity contribution in [3.8, 4) is 0 Å². The van der Waals surface area contributed by atoms with E-state index in [2.05, 4.69) is 10.6 Å². The van der Waals surface area contributed by atoms with Gasteiger partial charge in [0.1, 0.15) is 11.5 Å². The van der Waals surface area contributed by atoms with Gasteiger partial charge in [0.25, 0.3) is 0 Å². The van der Waals surface area contributed by atoms with E-state index < -0.39 is 0 Å². The van der Waals surface area contributed by atoms with E-state index in [1.54, 1.807) is 48.9 Å². The fraction of sp³-hybridized carbons (Fsp3) is 0.176. The van der Waals surface area contributed by atoms with Gasteiger partial charge in [-0.15, -0.1) is 0 Å². The number of nitrogens with one attached hydrogen (secondary N) is 2. The molecule has 2 aromatic rings. The highest BCUT2D eigenvalue weighted by Gasteiger charge is 1.98. The van der Waals surface area contributed by atoms with Gasteiger partial charge in [0, 0.05) is 25.2 Å². The minimum absolute atomic E-state index is 0.203. The van der Waals surface area contributed by atoms with Gasteiger partial charge >= 0.3 is 0 Å². The summed E-state index contributed by atoms with van der Waals surface area (Å²) in [5.41, 5.74) is 0. The third-order valence-corrected chi connectivity index (χ3v) is 2.84. The summed E-state index contributed by atoms with van der Waals surface area (Å²) in [6.45, 7) is 0.951. The Bertz CT molecular complexity index is 597. The molecule has 0 atom stereocenters. The van der Waals surface area contributed by atoms with Gasteiger partial charge in [0.15, 0.2) is 0 Å². The third-order valence-electron chi connectivity index (χ3n) is 2.84. The van der Waals surface area contributed by atoms with Crippen molar-refractivity contribution in [3.63, 3.8) is 0 Å². The highest BCUT2D eigenvalue weighted by Crippen LogP contribution is 2.02. The van der Waals surface area contributed by atoms with Crippen molar-refractivity contribution >= 4 is 24.0 Å². The highest BCUT2D eigenvalue weighted by molar-refractivity contribution is 5.91. The lowest BCUT2D eigenvalue weighted by atomic mass is 10.3. The molecule has 0 fully saturated rings. The lowest BCUT2D eigenvalue weighted by molar-refractivity contribution is -0.116. The van der Waals surface area contributed by atoms with Crippen LogP contribution in [-0.2, 0) is 9.59 Å². The molecule has 6 nitrogen and oxygen atoms in total. The van der Waals surface area contributed by atoms with Crippen LogP contribution in [0.5, 0.6) is 0 Å². The summed E-state index contributed by atoms with van der Waals surface area (Å²) in [5.74, 6) is 0.836. The molecule has 0 aliphatic carbocycles. The fourth-order valence-electron chi connectivity index (χ4n) is 1.72. The van der Waals surface area contributed by atoms with E-state index in [1.807, 2.05) is 0 Å². The maximum absolute atomic E-state index is 11.5. The Labute approximate surface area is 133 Å². The summed E-state index contributed by atoms with van der Waals surface area (Å²) < 4.78 is 10.2. The predicted molar refractivity (Wildman–Crippen MR) is 86.1 cm³/mol. The molecule has 0 saturated heterocycles. The zero-order valence-corrected chi connectivity index (χ0v) is 12.5. The molecular formula is C17H18N2O4. The van der Waals surface area contributed by atoms with E-state index in [-0.39, 0.29) is 11.8 Å². The minimum atomic E-state index is -0.203. The quantitative estimate of drug-likeness (QED) is 0.578. The Hall–Kier alpha value is -3.02. The van der Waals surface area contributed by atoms with Gasteiger partial charge in [0.2, 0.25) is 11.8 Å². The van der Waals surface area contributed by atoms with Crippen molar-refractivity contribution in [3.05, 3.63) is 60.5 Å². The van der Waals surface area contributed by atoms with Crippen molar-refractivity contribution in [1.29, 1.82) is 0 Å². The predicted octanol–water partition coefficient (Wildman–Crippen LogP) is 2.22. The molecule has 0 spiro atoms. The van der Waals surface area contributed by atoms with Gasteiger partial charge < -0.3 is 19.5 Å². The van der Waals surface area contributed by atoms with E-state index in [0.717, 1.165) is 0 Å². The summed E-state index contributed by atoms with van der Waals surface area (Å²) in [6, 6.07) is 7.02. The topological polar surface area (TPSA) is 84.5 Å². The zero-order chi connectivity index (χ0) is 16.3. The molecule has 2 amide bonds. The van der Waals surface area contributed by atoms with Crippen LogP contribution in [0.15, 0.2) is 57.8 Å². The molecule has 2 aromatic heterocycles. The summed E-state index contributed by atoms with van der Waals surface area (Å²) in [5, 5.41) is 5.44. The Balaban J connectivity index is 1.55. The first-order valence-corrected chi connectivity index (χ1v) is 7.23. The van der Waals surface area contributed by atoms with Crippen LogP contribution in [0.25, 0.3) is 12.2 Å². The monoisotopic (exact) mass is 314 g/mol. The highest BCUT2D eigenvalue weighted by atomic mass is 16.3. The van der Waals surface area contributed by atoms with Gasteiger partial charge in [0.05, 0.1) is 12.5 Å². The van der Waals surface area contributed by atoms with Gasteiger partial charge in [-0.05, 0) is 42.8 Å². The molecule has 0 aliphatic heterocycles. The maximum atomic E-state index is 11.5. The molecule has 0 bridgehead atoms. The number of carbonyl (C=O) groups excluding carboxylic acids is 2. The van der Waals surface area contributed by atoms with Gasteiger partial charge in [-0.3, -0.25) is 9.59 Å². The molecular weight excluding hydrogens is 296 g/mol. The molecule has 23 heavy (non-hydrogen) atoms. The molecule has 0 saturated carbocycles. The van der Waals surface area contributed by atoms with E-state index in [1.165, 1.54) is 12.2 Å². The second kappa shape index (κ2) is 9.09. The van der Waals surface area contributed by atoms with Crippen LogP contribution in [0.1, 0.15) is 17.9 Å². The largest absolute Gasteiger partial charge is 0.465 e. The summed E-state index contributed by atoms with van der Waals surface area (Å²) in [7, 11) is 0. The van der Waals surface area contributed by atoms with E-state index in [9.17, 15) is 9.59 Å². The van der Waals surface area contributed by atoms with Crippen molar-refractivity contribution in [2.45, 2.75) is 6.42 Å².